The lowest BCUT2D eigenvalue weighted by Gasteiger charge is -2.18. The molecule has 0 heterocycles. The average Bonchev–Trinajstić information content (AvgIpc) is 2.64. The third kappa shape index (κ3) is 6.79. The molecule has 0 spiro atoms. The first-order chi connectivity index (χ1) is 13.6. The highest BCUT2D eigenvalue weighted by atomic mass is 32.2. The van der Waals surface area contributed by atoms with Gasteiger partial charge in [0, 0.05) is 26.6 Å². The molecule has 0 bridgehead atoms. The summed E-state index contributed by atoms with van der Waals surface area (Å²) in [6, 6.07) is 11.1. The molecule has 6 nitrogen and oxygen atoms in total. The van der Waals surface area contributed by atoms with Gasteiger partial charge in [0.2, 0.25) is 15.9 Å². The van der Waals surface area contributed by atoms with E-state index in [0.717, 1.165) is 11.1 Å². The highest BCUT2D eigenvalue weighted by Gasteiger charge is 2.18. The second kappa shape index (κ2) is 9.80. The van der Waals surface area contributed by atoms with E-state index in [1.807, 2.05) is 13.0 Å². The van der Waals surface area contributed by atoms with Gasteiger partial charge in [0.05, 0.1) is 4.90 Å². The molecule has 0 atom stereocenters. The zero-order chi connectivity index (χ0) is 21.6. The van der Waals surface area contributed by atoms with E-state index < -0.39 is 16.6 Å². The molecule has 1 amide bonds. The van der Waals surface area contributed by atoms with Gasteiger partial charge in [0.1, 0.15) is 5.75 Å². The number of rotatable bonds is 9. The number of sulfonamides is 1. The van der Waals surface area contributed by atoms with Gasteiger partial charge in [-0.25, -0.2) is 13.1 Å². The summed E-state index contributed by atoms with van der Waals surface area (Å²) in [6.45, 7) is 0.864. The second-order valence-electron chi connectivity index (χ2n) is 6.69. The number of hydrogen-bond acceptors (Lipinski definition) is 4. The molecule has 0 saturated heterocycles. The number of ether oxygens (including phenoxy) is 1. The van der Waals surface area contributed by atoms with E-state index in [9.17, 15) is 22.0 Å². The van der Waals surface area contributed by atoms with Gasteiger partial charge in [-0.05, 0) is 48.7 Å². The minimum atomic E-state index is -3.70. The number of carbonyl (C=O) groups excluding carboxylic acids is 1. The highest BCUT2D eigenvalue weighted by molar-refractivity contribution is 7.89. The number of halogens is 2. The number of carbonyl (C=O) groups is 1. The summed E-state index contributed by atoms with van der Waals surface area (Å²) in [5.74, 6) is -0.208. The summed E-state index contributed by atoms with van der Waals surface area (Å²) < 4.78 is 56.0. The minimum Gasteiger partial charge on any atom is -0.435 e. The molecule has 0 aromatic heterocycles. The smallest absolute Gasteiger partial charge is 0.387 e. The zero-order valence-corrected chi connectivity index (χ0v) is 17.3. The summed E-state index contributed by atoms with van der Waals surface area (Å²) in [6.07, 6.45) is -0.00678. The summed E-state index contributed by atoms with van der Waals surface area (Å²) in [7, 11) is -2.12. The van der Waals surface area contributed by atoms with Crippen molar-refractivity contribution >= 4 is 15.9 Å². The van der Waals surface area contributed by atoms with Gasteiger partial charge < -0.3 is 9.64 Å². The summed E-state index contributed by atoms with van der Waals surface area (Å²) >= 11 is 0. The number of aryl methyl sites for hydroxylation is 2. The monoisotopic (exact) mass is 426 g/mol. The molecule has 0 aliphatic heterocycles. The highest BCUT2D eigenvalue weighted by Crippen LogP contribution is 2.17. The predicted octanol–water partition coefficient (Wildman–Crippen LogP) is 3.23. The number of nitrogens with zero attached hydrogens (tertiary/aromatic N) is 1. The third-order valence-electron chi connectivity index (χ3n) is 4.26. The molecule has 0 unspecified atom stereocenters. The number of nitrogens with one attached hydrogen (secondary N) is 1. The average molecular weight is 426 g/mol. The van der Waals surface area contributed by atoms with Crippen LogP contribution in [0.25, 0.3) is 0 Å². The van der Waals surface area contributed by atoms with Crippen LogP contribution >= 0.6 is 0 Å². The zero-order valence-electron chi connectivity index (χ0n) is 16.5. The Morgan fingerprint density at radius 2 is 1.79 bits per heavy atom. The predicted molar refractivity (Wildman–Crippen MR) is 105 cm³/mol. The number of alkyl halides is 2. The van der Waals surface area contributed by atoms with E-state index in [-0.39, 0.29) is 36.1 Å². The van der Waals surface area contributed by atoms with Gasteiger partial charge in [0.15, 0.2) is 0 Å². The first kappa shape index (κ1) is 22.8. The van der Waals surface area contributed by atoms with Crippen LogP contribution in [0.4, 0.5) is 8.78 Å². The van der Waals surface area contributed by atoms with Crippen molar-refractivity contribution in [2.24, 2.45) is 0 Å². The van der Waals surface area contributed by atoms with Gasteiger partial charge in [-0.3, -0.25) is 4.79 Å². The molecule has 2 rings (SSSR count). The molecule has 0 fully saturated rings. The van der Waals surface area contributed by atoms with Crippen LogP contribution in [0.5, 0.6) is 5.75 Å². The van der Waals surface area contributed by atoms with Gasteiger partial charge in [-0.1, -0.05) is 24.3 Å². The van der Waals surface area contributed by atoms with E-state index in [0.29, 0.717) is 5.56 Å². The van der Waals surface area contributed by atoms with Crippen molar-refractivity contribution in [3.63, 3.8) is 0 Å². The van der Waals surface area contributed by atoms with Crippen molar-refractivity contribution in [3.05, 3.63) is 59.2 Å². The lowest BCUT2D eigenvalue weighted by molar-refractivity contribution is -0.130. The minimum absolute atomic E-state index is 0.00678. The summed E-state index contributed by atoms with van der Waals surface area (Å²) in [4.78, 5) is 13.9. The molecular weight excluding hydrogens is 402 g/mol. The van der Waals surface area contributed by atoms with Crippen LogP contribution in [-0.4, -0.2) is 39.4 Å². The quantitative estimate of drug-likeness (QED) is 0.668. The Kier molecular flexibility index (Phi) is 7.69. The maximum Gasteiger partial charge on any atom is 0.387 e. The van der Waals surface area contributed by atoms with Gasteiger partial charge in [0.25, 0.3) is 0 Å². The molecule has 0 aliphatic rings. The summed E-state index contributed by atoms with van der Waals surface area (Å²) in [5.41, 5.74) is 2.20. The van der Waals surface area contributed by atoms with Crippen LogP contribution in [0.1, 0.15) is 23.1 Å². The van der Waals surface area contributed by atoms with Gasteiger partial charge in [-0.2, -0.15) is 8.78 Å². The fourth-order valence-corrected chi connectivity index (χ4v) is 4.06. The lowest BCUT2D eigenvalue weighted by atomic mass is 10.2. The largest absolute Gasteiger partial charge is 0.435 e. The normalized spacial score (nSPS) is 11.5. The Hall–Kier alpha value is -2.52. The molecule has 29 heavy (non-hydrogen) atoms. The van der Waals surface area contributed by atoms with Crippen molar-refractivity contribution in [2.45, 2.75) is 38.3 Å². The van der Waals surface area contributed by atoms with E-state index in [2.05, 4.69) is 9.46 Å². The molecule has 158 valence electrons. The number of benzene rings is 2. The van der Waals surface area contributed by atoms with Crippen LogP contribution in [0.3, 0.4) is 0 Å². The maximum atomic E-state index is 12.5. The van der Waals surface area contributed by atoms with E-state index in [1.54, 1.807) is 38.2 Å². The maximum absolute atomic E-state index is 12.5. The van der Waals surface area contributed by atoms with Crippen LogP contribution in [0.2, 0.25) is 0 Å². The fourth-order valence-electron chi connectivity index (χ4n) is 2.70. The lowest BCUT2D eigenvalue weighted by Crippen LogP contribution is -2.32. The van der Waals surface area contributed by atoms with E-state index in [4.69, 9.17) is 0 Å². The third-order valence-corrected chi connectivity index (χ3v) is 5.86. The summed E-state index contributed by atoms with van der Waals surface area (Å²) in [5, 5.41) is 0. The van der Waals surface area contributed by atoms with Crippen LogP contribution in [0.15, 0.2) is 47.4 Å². The van der Waals surface area contributed by atoms with E-state index in [1.165, 1.54) is 17.0 Å². The van der Waals surface area contributed by atoms with Gasteiger partial charge in [-0.15, -0.1) is 0 Å². The SMILES string of the molecule is Cc1ccc(C)c(S(=O)(=O)NCCC(=O)N(C)Cc2ccc(OC(F)F)cc2)c1. The Morgan fingerprint density at radius 1 is 1.14 bits per heavy atom. The first-order valence-electron chi connectivity index (χ1n) is 8.93. The van der Waals surface area contributed by atoms with Crippen molar-refractivity contribution in [3.8, 4) is 5.75 Å². The van der Waals surface area contributed by atoms with E-state index >= 15 is 0 Å². The number of hydrogen-bond donors (Lipinski definition) is 1. The van der Waals surface area contributed by atoms with Crippen molar-refractivity contribution in [2.75, 3.05) is 13.6 Å². The number of amides is 1. The van der Waals surface area contributed by atoms with Crippen LogP contribution in [0, 0.1) is 13.8 Å². The molecule has 2 aromatic carbocycles. The van der Waals surface area contributed by atoms with Gasteiger partial charge >= 0.3 is 6.61 Å². The van der Waals surface area contributed by atoms with Crippen molar-refractivity contribution < 1.29 is 26.7 Å². The fraction of sp³-hybridized carbons (Fsp3) is 0.350. The second-order valence-corrected chi connectivity index (χ2v) is 8.42. The standard InChI is InChI=1S/C20H24F2N2O4S/c1-14-4-5-15(2)18(12-14)29(26,27)23-11-10-19(25)24(3)13-16-6-8-17(9-7-16)28-20(21)22/h4-9,12,20,23H,10-11,13H2,1-3H3. The molecule has 0 radical (unpaired) electrons. The Labute approximate surface area is 169 Å². The first-order valence-corrected chi connectivity index (χ1v) is 10.4. The van der Waals surface area contributed by atoms with Crippen molar-refractivity contribution in [1.82, 2.24) is 9.62 Å². The molecule has 0 aliphatic carbocycles. The van der Waals surface area contributed by atoms with Crippen LogP contribution in [-0.2, 0) is 21.4 Å². The Morgan fingerprint density at radius 3 is 2.41 bits per heavy atom. The molecule has 1 N–H and O–H groups in total. The Bertz CT molecular complexity index is 947. The molecule has 0 saturated carbocycles. The Balaban J connectivity index is 1.87. The van der Waals surface area contributed by atoms with Crippen molar-refractivity contribution in [1.29, 1.82) is 0 Å². The molecule has 9 heteroatoms. The molecular formula is C20H24F2N2O4S. The topological polar surface area (TPSA) is 75.7 Å². The van der Waals surface area contributed by atoms with Crippen LogP contribution < -0.4 is 9.46 Å². The molecule has 2 aromatic rings.